The van der Waals surface area contributed by atoms with Crippen LogP contribution < -0.4 is 31.9 Å². The van der Waals surface area contributed by atoms with Crippen molar-refractivity contribution in [3.63, 3.8) is 0 Å². The van der Waals surface area contributed by atoms with Gasteiger partial charge in [0.2, 0.25) is 11.8 Å². The van der Waals surface area contributed by atoms with Gasteiger partial charge in [-0.25, -0.2) is 4.79 Å². The van der Waals surface area contributed by atoms with E-state index < -0.39 is 11.9 Å². The summed E-state index contributed by atoms with van der Waals surface area (Å²) < 4.78 is 3.17. The Kier molecular flexibility index (Phi) is 16.4. The van der Waals surface area contributed by atoms with Crippen LogP contribution in [0.4, 0.5) is 11.4 Å². The third-order valence-corrected chi connectivity index (χ3v) is 15.4. The van der Waals surface area contributed by atoms with Crippen molar-refractivity contribution in [2.24, 2.45) is 18.9 Å². The highest BCUT2D eigenvalue weighted by Crippen LogP contribution is 2.33. The summed E-state index contributed by atoms with van der Waals surface area (Å²) in [5.74, 6) is 7.63. The summed E-state index contributed by atoms with van der Waals surface area (Å²) in [6.07, 6.45) is 10.2. The van der Waals surface area contributed by atoms with Gasteiger partial charge in [-0.3, -0.25) is 33.6 Å². The zero-order chi connectivity index (χ0) is 48.4. The van der Waals surface area contributed by atoms with E-state index in [1.807, 2.05) is 31.2 Å². The summed E-state index contributed by atoms with van der Waals surface area (Å²) in [7, 11) is 1.76. The van der Waals surface area contributed by atoms with Gasteiger partial charge < -0.3 is 30.9 Å². The fourth-order valence-corrected chi connectivity index (χ4v) is 11.0. The van der Waals surface area contributed by atoms with Gasteiger partial charge in [-0.05, 0) is 143 Å². The number of nitrogens with zero attached hydrogens (tertiary/aromatic N) is 4. The second-order valence-electron chi connectivity index (χ2n) is 19.1. The molecule has 69 heavy (non-hydrogen) atoms. The molecule has 2 atom stereocenters. The molecular weight excluding hydrogens is 889 g/mol. The third kappa shape index (κ3) is 12.0. The first kappa shape index (κ1) is 49.2. The van der Waals surface area contributed by atoms with Crippen LogP contribution in [0, 0.1) is 30.6 Å². The lowest BCUT2D eigenvalue weighted by molar-refractivity contribution is -0.135. The van der Waals surface area contributed by atoms with Crippen LogP contribution in [0.25, 0.3) is 21.5 Å². The molecule has 0 spiro atoms. The fourth-order valence-electron chi connectivity index (χ4n) is 10.2. The number of unbranched alkanes of at least 4 members (excludes halogenated alkanes) is 2. The number of carbonyl (C=O) groups is 4. The van der Waals surface area contributed by atoms with E-state index in [2.05, 4.69) is 97.7 Å². The van der Waals surface area contributed by atoms with Crippen molar-refractivity contribution in [3.05, 3.63) is 105 Å². The lowest BCUT2D eigenvalue weighted by Gasteiger charge is -2.34. The number of fused-ring (bicyclic) bond motifs is 1. The first-order valence-electron chi connectivity index (χ1n) is 24.7. The number of imidazole rings is 1. The van der Waals surface area contributed by atoms with Gasteiger partial charge in [-0.1, -0.05) is 49.3 Å². The van der Waals surface area contributed by atoms with E-state index >= 15 is 0 Å². The summed E-state index contributed by atoms with van der Waals surface area (Å²) in [6.45, 7) is 11.0. The van der Waals surface area contributed by atoms with Crippen molar-refractivity contribution in [1.82, 2.24) is 30.0 Å². The van der Waals surface area contributed by atoms with Gasteiger partial charge in [0, 0.05) is 78.5 Å². The molecular formula is C54H66N8O6S. The lowest BCUT2D eigenvalue weighted by Crippen LogP contribution is -2.51. The Hall–Kier alpha value is -6.21. The van der Waals surface area contributed by atoms with Crippen molar-refractivity contribution in [2.45, 2.75) is 96.2 Å². The largest absolute Gasteiger partial charge is 0.483 e. The number of imide groups is 1. The molecule has 364 valence electrons. The number of nitrogens with one attached hydrogen (secondary N) is 4. The molecule has 4 saturated heterocycles. The topological polar surface area (TPSA) is 170 Å². The van der Waals surface area contributed by atoms with Crippen molar-refractivity contribution in [1.29, 1.82) is 0 Å². The average molecular weight is 955 g/mol. The maximum Gasteiger partial charge on any atom is 0.329 e. The standard InChI is InChI=1S/C53H64N8O4S.CH2O2/c1-35-10-15-41(56-42-33-54-34-42)31-44(35)51(63)55-36(2)40-14-13-39(45(30-40)49-9-7-29-66-49)12-11-38-20-25-59(26-21-38)24-6-4-5-8-37-22-27-60(28-23-37)43-16-17-46-48(32-43)58(3)53(65)61(46)47-18-19-50(62)57-52(47)64;2-1-3/h7,9-10,13-17,29-32,36-38,42,47,54,56H,4-6,8,18-28,33-34H2,1-3H3,(H,55,63)(H,57,62,64);1H,(H,2,3)/t36-,47?;/m1./s1. The second kappa shape index (κ2) is 22.9. The monoisotopic (exact) mass is 954 g/mol. The van der Waals surface area contributed by atoms with Crippen LogP contribution in [-0.2, 0) is 21.4 Å². The number of hydrogen-bond donors (Lipinski definition) is 5. The number of carbonyl (C=O) groups excluding carboxylic acids is 3. The first-order valence-corrected chi connectivity index (χ1v) is 25.6. The third-order valence-electron chi connectivity index (χ3n) is 14.5. The molecule has 5 N–H and O–H groups in total. The number of aromatic nitrogens is 2. The molecule has 14 nitrogen and oxygen atoms in total. The van der Waals surface area contributed by atoms with Crippen molar-refractivity contribution in [3.8, 4) is 22.3 Å². The zero-order valence-electron chi connectivity index (χ0n) is 40.1. The number of benzene rings is 3. The van der Waals surface area contributed by atoms with Gasteiger partial charge in [-0.15, -0.1) is 11.3 Å². The minimum absolute atomic E-state index is 0.0660. The Morgan fingerprint density at radius 2 is 1.71 bits per heavy atom. The maximum absolute atomic E-state index is 13.5. The molecule has 0 radical (unpaired) electrons. The number of amides is 3. The van der Waals surface area contributed by atoms with Gasteiger partial charge in [-0.2, -0.15) is 0 Å². The molecule has 6 heterocycles. The molecule has 4 aliphatic heterocycles. The summed E-state index contributed by atoms with van der Waals surface area (Å²) in [5, 5.41) is 21.5. The maximum atomic E-state index is 13.5. The van der Waals surface area contributed by atoms with E-state index in [-0.39, 0.29) is 36.4 Å². The van der Waals surface area contributed by atoms with E-state index in [4.69, 9.17) is 9.90 Å². The van der Waals surface area contributed by atoms with E-state index in [0.29, 0.717) is 23.9 Å². The number of carboxylic acid groups (broad SMARTS) is 1. The van der Waals surface area contributed by atoms with E-state index in [9.17, 15) is 19.2 Å². The number of rotatable bonds is 14. The highest BCUT2D eigenvalue weighted by atomic mass is 32.1. The van der Waals surface area contributed by atoms with Crippen LogP contribution >= 0.6 is 11.3 Å². The fraction of sp³-hybridized carbons (Fsp3) is 0.463. The molecule has 0 saturated carbocycles. The normalized spacial score (nSPS) is 18.6. The molecule has 5 aromatic rings. The summed E-state index contributed by atoms with van der Waals surface area (Å²) in [6, 6.07) is 22.4. The van der Waals surface area contributed by atoms with Crippen LogP contribution in [0.3, 0.4) is 0 Å². The molecule has 9 rings (SSSR count). The molecule has 0 bridgehead atoms. The Morgan fingerprint density at radius 1 is 0.928 bits per heavy atom. The molecule has 3 amide bonds. The lowest BCUT2D eigenvalue weighted by atomic mass is 9.91. The molecule has 4 aliphatic rings. The minimum atomic E-state index is -0.669. The van der Waals surface area contributed by atoms with E-state index in [1.54, 1.807) is 27.5 Å². The molecule has 1 unspecified atom stereocenters. The Labute approximate surface area is 408 Å². The van der Waals surface area contributed by atoms with Crippen LogP contribution in [0.5, 0.6) is 0 Å². The van der Waals surface area contributed by atoms with Crippen LogP contribution in [0.2, 0.25) is 0 Å². The number of hydrogen-bond acceptors (Lipinski definition) is 10. The number of aryl methyl sites for hydroxylation is 2. The molecule has 4 fully saturated rings. The predicted molar refractivity (Wildman–Crippen MR) is 274 cm³/mol. The van der Waals surface area contributed by atoms with E-state index in [0.717, 1.165) is 109 Å². The van der Waals surface area contributed by atoms with Gasteiger partial charge in [0.25, 0.3) is 12.4 Å². The van der Waals surface area contributed by atoms with Crippen LogP contribution in [0.1, 0.15) is 110 Å². The molecule has 2 aromatic heterocycles. The Balaban J connectivity index is 0.00000209. The Morgan fingerprint density at radius 3 is 2.42 bits per heavy atom. The quantitative estimate of drug-likeness (QED) is 0.0326. The van der Waals surface area contributed by atoms with Gasteiger partial charge in [0.15, 0.2) is 0 Å². The smallest absolute Gasteiger partial charge is 0.329 e. The second-order valence-corrected chi connectivity index (χ2v) is 20.1. The van der Waals surface area contributed by atoms with Crippen LogP contribution in [0.15, 0.2) is 76.9 Å². The zero-order valence-corrected chi connectivity index (χ0v) is 40.9. The SMILES string of the molecule is Cc1ccc(NC2CNC2)cc1C(=O)N[C@H](C)c1ccc(C#CC2CCN(CCCCCC3CCN(c4ccc5c(c4)n(C)c(=O)n5C4CCC(=O)NC4=O)CC3)CC2)c(-c2cccs2)c1.O=CO. The minimum Gasteiger partial charge on any atom is -0.483 e. The van der Waals surface area contributed by atoms with Crippen LogP contribution in [-0.4, -0.2) is 95.2 Å². The van der Waals surface area contributed by atoms with Crippen molar-refractivity contribution < 1.29 is 24.3 Å². The number of piperidine rings is 3. The molecule has 15 heteroatoms. The molecule has 0 aliphatic carbocycles. The predicted octanol–water partition coefficient (Wildman–Crippen LogP) is 7.47. The van der Waals surface area contributed by atoms with Crippen molar-refractivity contribution >= 4 is 57.9 Å². The van der Waals surface area contributed by atoms with Gasteiger partial charge in [0.05, 0.1) is 23.1 Å². The first-order chi connectivity index (χ1) is 33.5. The summed E-state index contributed by atoms with van der Waals surface area (Å²) >= 11 is 1.72. The highest BCUT2D eigenvalue weighted by Gasteiger charge is 2.32. The summed E-state index contributed by atoms with van der Waals surface area (Å²) in [4.78, 5) is 65.7. The number of likely N-dealkylation sites (tertiary alicyclic amines) is 1. The summed E-state index contributed by atoms with van der Waals surface area (Å²) in [5.41, 5.74) is 8.29. The Bertz CT molecular complexity index is 2730. The van der Waals surface area contributed by atoms with E-state index in [1.165, 1.54) is 43.4 Å². The van der Waals surface area contributed by atoms with Gasteiger partial charge >= 0.3 is 5.69 Å². The molecule has 3 aromatic carbocycles. The highest BCUT2D eigenvalue weighted by molar-refractivity contribution is 7.13. The average Bonchev–Trinajstić information content (AvgIpc) is 3.97. The van der Waals surface area contributed by atoms with Crippen molar-refractivity contribution in [2.75, 3.05) is 56.0 Å². The number of anilines is 2. The number of thiophene rings is 1. The van der Waals surface area contributed by atoms with Gasteiger partial charge in [0.1, 0.15) is 6.04 Å².